The number of amides is 1. The second-order valence-corrected chi connectivity index (χ2v) is 8.42. The molecule has 150 valence electrons. The molecule has 2 rings (SSSR count). The van der Waals surface area contributed by atoms with Gasteiger partial charge in [-0.2, -0.15) is 0 Å². The zero-order valence-electron chi connectivity index (χ0n) is 15.4. The first kappa shape index (κ1) is 21.6. The fourth-order valence-electron chi connectivity index (χ4n) is 2.61. The van der Waals surface area contributed by atoms with Gasteiger partial charge in [0.25, 0.3) is 5.91 Å². The first-order valence-corrected chi connectivity index (χ1v) is 10.6. The minimum atomic E-state index is -3.81. The van der Waals surface area contributed by atoms with E-state index in [0.29, 0.717) is 25.1 Å². The van der Waals surface area contributed by atoms with E-state index in [1.54, 1.807) is 24.3 Å². The Balaban J connectivity index is 2.05. The van der Waals surface area contributed by atoms with Crippen molar-refractivity contribution in [3.63, 3.8) is 0 Å². The molecule has 28 heavy (non-hydrogen) atoms. The van der Waals surface area contributed by atoms with Crippen LogP contribution in [0.1, 0.15) is 28.8 Å². The van der Waals surface area contributed by atoms with Gasteiger partial charge < -0.3 is 16.2 Å². The molecule has 0 saturated carbocycles. The third-order valence-electron chi connectivity index (χ3n) is 4.12. The van der Waals surface area contributed by atoms with Crippen molar-refractivity contribution in [3.8, 4) is 5.75 Å². The van der Waals surface area contributed by atoms with Crippen LogP contribution in [0.3, 0.4) is 0 Å². The van der Waals surface area contributed by atoms with Gasteiger partial charge in [-0.3, -0.25) is 9.59 Å². The molecule has 0 heterocycles. The molecule has 7 nitrogen and oxygen atoms in total. The SMILES string of the molecule is NCCCNC(=O)c1ccccc1S(=O)(=O)CCC(=O)Cc1ccc(O)cc1. The molecule has 0 spiro atoms. The summed E-state index contributed by atoms with van der Waals surface area (Å²) in [5, 5.41) is 11.9. The Morgan fingerprint density at radius 1 is 1.04 bits per heavy atom. The van der Waals surface area contributed by atoms with Crippen LogP contribution < -0.4 is 11.1 Å². The number of rotatable bonds is 10. The number of phenolic OH excluding ortho intramolecular Hbond substituents is 1. The predicted octanol–water partition coefficient (Wildman–Crippen LogP) is 1.45. The summed E-state index contributed by atoms with van der Waals surface area (Å²) in [6, 6.07) is 12.1. The van der Waals surface area contributed by atoms with Gasteiger partial charge in [-0.15, -0.1) is 0 Å². The maximum absolute atomic E-state index is 12.7. The smallest absolute Gasteiger partial charge is 0.252 e. The van der Waals surface area contributed by atoms with Crippen LogP contribution in [0.2, 0.25) is 0 Å². The number of nitrogens with one attached hydrogen (secondary N) is 1. The van der Waals surface area contributed by atoms with Gasteiger partial charge in [-0.25, -0.2) is 8.42 Å². The highest BCUT2D eigenvalue weighted by molar-refractivity contribution is 7.91. The molecule has 1 amide bonds. The molecule has 2 aromatic rings. The molecule has 0 radical (unpaired) electrons. The molecule has 0 aliphatic carbocycles. The average molecular weight is 404 g/mol. The van der Waals surface area contributed by atoms with Gasteiger partial charge >= 0.3 is 0 Å². The average Bonchev–Trinajstić information content (AvgIpc) is 2.68. The molecular weight excluding hydrogens is 380 g/mol. The Morgan fingerprint density at radius 3 is 2.39 bits per heavy atom. The second kappa shape index (κ2) is 10.0. The summed E-state index contributed by atoms with van der Waals surface area (Å²) in [6.45, 7) is 0.776. The lowest BCUT2D eigenvalue weighted by Gasteiger charge is -2.11. The van der Waals surface area contributed by atoms with E-state index in [9.17, 15) is 23.1 Å². The molecule has 0 aromatic heterocycles. The second-order valence-electron chi connectivity index (χ2n) is 6.35. The molecule has 0 aliphatic heterocycles. The third-order valence-corrected chi connectivity index (χ3v) is 5.89. The van der Waals surface area contributed by atoms with Gasteiger partial charge in [0.05, 0.1) is 16.2 Å². The first-order valence-electron chi connectivity index (χ1n) is 8.93. The molecule has 0 bridgehead atoms. The number of phenols is 1. The Bertz CT molecular complexity index is 924. The lowest BCUT2D eigenvalue weighted by molar-refractivity contribution is -0.118. The van der Waals surface area contributed by atoms with Crippen LogP contribution in [-0.4, -0.2) is 44.1 Å². The fraction of sp³-hybridized carbons (Fsp3) is 0.300. The summed E-state index contributed by atoms with van der Waals surface area (Å²) in [7, 11) is -3.81. The first-order chi connectivity index (χ1) is 13.3. The zero-order valence-corrected chi connectivity index (χ0v) is 16.2. The summed E-state index contributed by atoms with van der Waals surface area (Å²) >= 11 is 0. The normalized spacial score (nSPS) is 11.2. The van der Waals surface area contributed by atoms with Crippen molar-refractivity contribution in [2.45, 2.75) is 24.2 Å². The van der Waals surface area contributed by atoms with Crippen molar-refractivity contribution in [1.29, 1.82) is 0 Å². The van der Waals surface area contributed by atoms with E-state index in [2.05, 4.69) is 5.32 Å². The number of benzene rings is 2. The number of ketones is 1. The van der Waals surface area contributed by atoms with E-state index in [1.165, 1.54) is 24.3 Å². The molecule has 0 saturated heterocycles. The lowest BCUT2D eigenvalue weighted by atomic mass is 10.1. The summed E-state index contributed by atoms with van der Waals surface area (Å²) in [5.41, 5.74) is 6.15. The van der Waals surface area contributed by atoms with Gasteiger partial charge in [0.1, 0.15) is 11.5 Å². The highest BCUT2D eigenvalue weighted by Gasteiger charge is 2.23. The number of hydrogen-bond acceptors (Lipinski definition) is 6. The number of sulfone groups is 1. The standard InChI is InChI=1S/C20H24N2O5S/c21-11-3-12-22-20(25)18-4-1-2-5-19(18)28(26,27)13-10-17(24)14-15-6-8-16(23)9-7-15/h1-2,4-9,23H,3,10-14,21H2,(H,22,25). The maximum atomic E-state index is 12.7. The van der Waals surface area contributed by atoms with Gasteiger partial charge in [0, 0.05) is 19.4 Å². The van der Waals surface area contributed by atoms with Crippen LogP contribution in [0, 0.1) is 0 Å². The molecule has 8 heteroatoms. The van der Waals surface area contributed by atoms with E-state index in [1.807, 2.05) is 0 Å². The van der Waals surface area contributed by atoms with Crippen molar-refractivity contribution >= 4 is 21.5 Å². The molecular formula is C20H24N2O5S. The number of nitrogens with two attached hydrogens (primary N) is 1. The zero-order chi connectivity index (χ0) is 20.6. The monoisotopic (exact) mass is 404 g/mol. The minimum Gasteiger partial charge on any atom is -0.508 e. The predicted molar refractivity (Wildman–Crippen MR) is 106 cm³/mol. The quantitative estimate of drug-likeness (QED) is 0.515. The molecule has 0 unspecified atom stereocenters. The number of carbonyl (C=O) groups excluding carboxylic acids is 2. The molecule has 2 aromatic carbocycles. The fourth-order valence-corrected chi connectivity index (χ4v) is 4.11. The largest absolute Gasteiger partial charge is 0.508 e. The van der Waals surface area contributed by atoms with Crippen LogP contribution in [-0.2, 0) is 21.1 Å². The van der Waals surface area contributed by atoms with Crippen LogP contribution in [0.15, 0.2) is 53.4 Å². The Hall–Kier alpha value is -2.71. The van der Waals surface area contributed by atoms with Gasteiger partial charge in [-0.1, -0.05) is 24.3 Å². The van der Waals surface area contributed by atoms with Gasteiger partial charge in [0.15, 0.2) is 9.84 Å². The van der Waals surface area contributed by atoms with Crippen molar-refractivity contribution in [2.24, 2.45) is 5.73 Å². The molecule has 0 atom stereocenters. The van der Waals surface area contributed by atoms with E-state index < -0.39 is 15.7 Å². The number of aromatic hydroxyl groups is 1. The lowest BCUT2D eigenvalue weighted by Crippen LogP contribution is -2.28. The third kappa shape index (κ3) is 6.17. The highest BCUT2D eigenvalue weighted by Crippen LogP contribution is 2.18. The van der Waals surface area contributed by atoms with Crippen LogP contribution in [0.25, 0.3) is 0 Å². The van der Waals surface area contributed by atoms with Crippen molar-refractivity contribution in [1.82, 2.24) is 5.32 Å². The molecule has 4 N–H and O–H groups in total. The van der Waals surface area contributed by atoms with Crippen molar-refractivity contribution < 1.29 is 23.1 Å². The van der Waals surface area contributed by atoms with Crippen molar-refractivity contribution in [3.05, 3.63) is 59.7 Å². The Labute approximate surface area is 164 Å². The Kier molecular flexibility index (Phi) is 7.71. The van der Waals surface area contributed by atoms with E-state index in [0.717, 1.165) is 0 Å². The number of hydrogen-bond donors (Lipinski definition) is 3. The van der Waals surface area contributed by atoms with Crippen LogP contribution in [0.4, 0.5) is 0 Å². The number of carbonyl (C=O) groups is 2. The topological polar surface area (TPSA) is 127 Å². The van der Waals surface area contributed by atoms with Crippen molar-refractivity contribution in [2.75, 3.05) is 18.8 Å². The van der Waals surface area contributed by atoms with Gasteiger partial charge in [-0.05, 0) is 42.8 Å². The summed E-state index contributed by atoms with van der Waals surface area (Å²) in [5.74, 6) is -1.00. The van der Waals surface area contributed by atoms with E-state index in [-0.39, 0.29) is 40.6 Å². The van der Waals surface area contributed by atoms with E-state index >= 15 is 0 Å². The summed E-state index contributed by atoms with van der Waals surface area (Å²) < 4.78 is 25.4. The molecule has 0 fully saturated rings. The van der Waals surface area contributed by atoms with Gasteiger partial charge in [0.2, 0.25) is 0 Å². The summed E-state index contributed by atoms with van der Waals surface area (Å²) in [4.78, 5) is 24.4. The summed E-state index contributed by atoms with van der Waals surface area (Å²) in [6.07, 6.45) is 0.510. The highest BCUT2D eigenvalue weighted by atomic mass is 32.2. The van der Waals surface area contributed by atoms with Crippen LogP contribution in [0.5, 0.6) is 5.75 Å². The maximum Gasteiger partial charge on any atom is 0.252 e. The molecule has 0 aliphatic rings. The van der Waals surface area contributed by atoms with E-state index in [4.69, 9.17) is 5.73 Å². The minimum absolute atomic E-state index is 0.0607. The van der Waals surface area contributed by atoms with Crippen LogP contribution >= 0.6 is 0 Å². The Morgan fingerprint density at radius 2 is 1.71 bits per heavy atom. The number of Topliss-reactive ketones (excluding diaryl/α,β-unsaturated/α-hetero) is 1.